The molecule has 29 heavy (non-hydrogen) atoms. The van der Waals surface area contributed by atoms with Gasteiger partial charge in [0.15, 0.2) is 5.54 Å². The highest BCUT2D eigenvalue weighted by Crippen LogP contribution is 2.51. The van der Waals surface area contributed by atoms with E-state index in [9.17, 15) is 22.8 Å². The van der Waals surface area contributed by atoms with Crippen molar-refractivity contribution in [3.8, 4) is 5.75 Å². The number of amides is 3. The van der Waals surface area contributed by atoms with Gasteiger partial charge in [0, 0.05) is 12.5 Å². The SMILES string of the molecule is COc1ccc(N2C(=O)CC3(C2=O)c2cc(C)ccc2S(=O)(=O)N3C(C)=O)cc1. The summed E-state index contributed by atoms with van der Waals surface area (Å²) in [7, 11) is -2.77. The molecule has 1 atom stereocenters. The van der Waals surface area contributed by atoms with Crippen molar-refractivity contribution in [2.45, 2.75) is 30.7 Å². The van der Waals surface area contributed by atoms with Crippen molar-refractivity contribution in [2.24, 2.45) is 0 Å². The number of fused-ring (bicyclic) bond motifs is 2. The number of aryl methyl sites for hydroxylation is 1. The standard InChI is InChI=1S/C20H18N2O6S/c1-12-4-9-17-16(10-12)20(22(13(2)23)29(17,26)27)11-18(24)21(19(20)25)14-5-7-15(28-3)8-6-14/h4-10H,11H2,1-3H3. The molecule has 0 aromatic heterocycles. The van der Waals surface area contributed by atoms with E-state index in [1.54, 1.807) is 31.2 Å². The Morgan fingerprint density at radius 1 is 1.10 bits per heavy atom. The Bertz CT molecular complexity index is 1170. The molecule has 0 N–H and O–H groups in total. The number of sulfonamides is 1. The van der Waals surface area contributed by atoms with Crippen LogP contribution >= 0.6 is 0 Å². The zero-order valence-electron chi connectivity index (χ0n) is 16.0. The summed E-state index contributed by atoms with van der Waals surface area (Å²) < 4.78 is 31.8. The number of carbonyl (C=O) groups is 3. The Labute approximate surface area is 167 Å². The monoisotopic (exact) mass is 414 g/mol. The Morgan fingerprint density at radius 3 is 2.34 bits per heavy atom. The fourth-order valence-corrected chi connectivity index (χ4v) is 6.01. The molecule has 3 amide bonds. The third kappa shape index (κ3) is 2.43. The largest absolute Gasteiger partial charge is 0.497 e. The van der Waals surface area contributed by atoms with E-state index < -0.39 is 39.7 Å². The number of ether oxygens (including phenoxy) is 1. The van der Waals surface area contributed by atoms with Crippen LogP contribution in [-0.4, -0.2) is 37.6 Å². The number of methoxy groups -OCH3 is 1. The summed E-state index contributed by atoms with van der Waals surface area (Å²) in [5.41, 5.74) is -0.767. The number of rotatable bonds is 2. The first kappa shape index (κ1) is 19.1. The van der Waals surface area contributed by atoms with E-state index >= 15 is 0 Å². The number of hydrogen-bond acceptors (Lipinski definition) is 6. The van der Waals surface area contributed by atoms with Gasteiger partial charge in [0.1, 0.15) is 5.75 Å². The molecule has 1 spiro atoms. The third-order valence-electron chi connectivity index (χ3n) is 5.28. The second kappa shape index (κ2) is 6.15. The van der Waals surface area contributed by atoms with Gasteiger partial charge >= 0.3 is 0 Å². The van der Waals surface area contributed by atoms with Gasteiger partial charge in [-0.05, 0) is 37.3 Å². The van der Waals surface area contributed by atoms with Gasteiger partial charge in [-0.2, -0.15) is 0 Å². The molecule has 2 aliphatic heterocycles. The van der Waals surface area contributed by atoms with Gasteiger partial charge in [-0.25, -0.2) is 17.6 Å². The fraction of sp³-hybridized carbons (Fsp3) is 0.250. The number of hydrogen-bond donors (Lipinski definition) is 0. The molecule has 9 heteroatoms. The summed E-state index contributed by atoms with van der Waals surface area (Å²) in [6, 6.07) is 10.8. The summed E-state index contributed by atoms with van der Waals surface area (Å²) in [6.07, 6.45) is -0.451. The number of benzene rings is 2. The average Bonchev–Trinajstić information content (AvgIpc) is 3.02. The first-order chi connectivity index (χ1) is 13.6. The number of carbonyl (C=O) groups excluding carboxylic acids is 3. The maximum absolute atomic E-state index is 13.6. The van der Waals surface area contributed by atoms with Crippen LogP contribution in [-0.2, 0) is 29.9 Å². The molecule has 8 nitrogen and oxygen atoms in total. The van der Waals surface area contributed by atoms with E-state index in [0.29, 0.717) is 15.6 Å². The van der Waals surface area contributed by atoms with Gasteiger partial charge in [-0.1, -0.05) is 17.7 Å². The molecule has 2 heterocycles. The van der Waals surface area contributed by atoms with Crippen LogP contribution in [0.5, 0.6) is 5.75 Å². The van der Waals surface area contributed by atoms with Gasteiger partial charge in [-0.15, -0.1) is 0 Å². The van der Waals surface area contributed by atoms with E-state index in [2.05, 4.69) is 0 Å². The molecule has 1 unspecified atom stereocenters. The van der Waals surface area contributed by atoms with Crippen molar-refractivity contribution in [3.63, 3.8) is 0 Å². The van der Waals surface area contributed by atoms with E-state index in [1.165, 1.54) is 25.3 Å². The highest BCUT2D eigenvalue weighted by Gasteiger charge is 2.66. The topological polar surface area (TPSA) is 101 Å². The van der Waals surface area contributed by atoms with Crippen molar-refractivity contribution in [1.82, 2.24) is 4.31 Å². The van der Waals surface area contributed by atoms with Crippen LogP contribution < -0.4 is 9.64 Å². The first-order valence-corrected chi connectivity index (χ1v) is 10.3. The predicted molar refractivity (Wildman–Crippen MR) is 103 cm³/mol. The van der Waals surface area contributed by atoms with Crippen molar-refractivity contribution >= 4 is 33.4 Å². The maximum atomic E-state index is 13.6. The molecule has 2 aromatic rings. The lowest BCUT2D eigenvalue weighted by Crippen LogP contribution is -2.51. The molecule has 0 bridgehead atoms. The van der Waals surface area contributed by atoms with Crippen LogP contribution in [0.1, 0.15) is 24.5 Å². The molecule has 1 saturated heterocycles. The molecule has 1 fully saturated rings. The normalized spacial score (nSPS) is 22.3. The van der Waals surface area contributed by atoms with Gasteiger partial charge < -0.3 is 4.74 Å². The predicted octanol–water partition coefficient (Wildman–Crippen LogP) is 1.71. The number of nitrogens with zero attached hydrogens (tertiary/aromatic N) is 2. The van der Waals surface area contributed by atoms with E-state index in [4.69, 9.17) is 4.74 Å². The van der Waals surface area contributed by atoms with Crippen molar-refractivity contribution in [3.05, 3.63) is 53.6 Å². The van der Waals surface area contributed by atoms with E-state index in [0.717, 1.165) is 11.8 Å². The second-order valence-corrected chi connectivity index (χ2v) is 8.81. The number of imide groups is 1. The average molecular weight is 414 g/mol. The van der Waals surface area contributed by atoms with Crippen LogP contribution in [0, 0.1) is 6.92 Å². The lowest BCUT2D eigenvalue weighted by atomic mass is 9.87. The zero-order valence-corrected chi connectivity index (χ0v) is 16.8. The first-order valence-electron chi connectivity index (χ1n) is 8.83. The molecule has 0 saturated carbocycles. The molecule has 4 rings (SSSR count). The Morgan fingerprint density at radius 2 is 1.76 bits per heavy atom. The van der Waals surface area contributed by atoms with Crippen LogP contribution in [0.3, 0.4) is 0 Å². The van der Waals surface area contributed by atoms with E-state index in [1.807, 2.05) is 0 Å². The van der Waals surface area contributed by atoms with Crippen LogP contribution in [0.2, 0.25) is 0 Å². The molecule has 0 aliphatic carbocycles. The Kier molecular flexibility index (Phi) is 4.06. The lowest BCUT2D eigenvalue weighted by molar-refractivity contribution is -0.136. The highest BCUT2D eigenvalue weighted by molar-refractivity contribution is 7.90. The smallest absolute Gasteiger partial charge is 0.268 e. The van der Waals surface area contributed by atoms with E-state index in [-0.39, 0.29) is 16.1 Å². The van der Waals surface area contributed by atoms with Crippen molar-refractivity contribution in [1.29, 1.82) is 0 Å². The lowest BCUT2D eigenvalue weighted by Gasteiger charge is -2.30. The quantitative estimate of drug-likeness (QED) is 0.694. The molecule has 2 aromatic carbocycles. The number of anilines is 1. The summed E-state index contributed by atoms with van der Waals surface area (Å²) in [4.78, 5) is 39.7. The Hall–Kier alpha value is -3.20. The van der Waals surface area contributed by atoms with Crippen LogP contribution in [0.15, 0.2) is 47.4 Å². The summed E-state index contributed by atoms with van der Waals surface area (Å²) in [6.45, 7) is 2.82. The zero-order chi connectivity index (χ0) is 21.1. The van der Waals surface area contributed by atoms with Gasteiger partial charge in [0.05, 0.1) is 24.1 Å². The molecule has 150 valence electrons. The summed E-state index contributed by atoms with van der Waals surface area (Å²) >= 11 is 0. The van der Waals surface area contributed by atoms with Gasteiger partial charge in [-0.3, -0.25) is 14.4 Å². The molecule has 0 radical (unpaired) electrons. The fourth-order valence-electron chi connectivity index (χ4n) is 4.08. The highest BCUT2D eigenvalue weighted by atomic mass is 32.2. The van der Waals surface area contributed by atoms with Crippen LogP contribution in [0.25, 0.3) is 0 Å². The minimum Gasteiger partial charge on any atom is -0.497 e. The second-order valence-electron chi connectivity index (χ2n) is 7.06. The Balaban J connectivity index is 1.95. The van der Waals surface area contributed by atoms with Crippen molar-refractivity contribution in [2.75, 3.05) is 12.0 Å². The minimum atomic E-state index is -4.26. The minimum absolute atomic E-state index is 0.129. The van der Waals surface area contributed by atoms with Gasteiger partial charge in [0.25, 0.3) is 15.9 Å². The molecular weight excluding hydrogens is 396 g/mol. The third-order valence-corrected chi connectivity index (χ3v) is 7.24. The van der Waals surface area contributed by atoms with Gasteiger partial charge in [0.2, 0.25) is 11.8 Å². The van der Waals surface area contributed by atoms with Crippen LogP contribution in [0.4, 0.5) is 5.69 Å². The van der Waals surface area contributed by atoms with Crippen molar-refractivity contribution < 1.29 is 27.5 Å². The maximum Gasteiger partial charge on any atom is 0.268 e. The summed E-state index contributed by atoms with van der Waals surface area (Å²) in [5.74, 6) is -1.64. The molecular formula is C20H18N2O6S. The summed E-state index contributed by atoms with van der Waals surface area (Å²) in [5, 5.41) is 0. The molecule has 2 aliphatic rings.